The minimum Gasteiger partial charge on any atom is -0.484 e. The van der Waals surface area contributed by atoms with Gasteiger partial charge in [-0.1, -0.05) is 0 Å². The van der Waals surface area contributed by atoms with Gasteiger partial charge in [0.1, 0.15) is 18.0 Å². The molecule has 0 heterocycles. The van der Waals surface area contributed by atoms with Crippen LogP contribution in [0.5, 0.6) is 5.75 Å². The Hall–Kier alpha value is -2.20. The van der Waals surface area contributed by atoms with Gasteiger partial charge >= 0.3 is 11.9 Å². The Bertz CT molecular complexity index is 799. The molecule has 1 aromatic rings. The van der Waals surface area contributed by atoms with Gasteiger partial charge in [0.2, 0.25) is 0 Å². The summed E-state index contributed by atoms with van der Waals surface area (Å²) in [6.45, 7) is 0.560. The third-order valence-corrected chi connectivity index (χ3v) is 4.79. The molecule has 0 spiro atoms. The van der Waals surface area contributed by atoms with Crippen molar-refractivity contribution >= 4 is 22.1 Å². The van der Waals surface area contributed by atoms with E-state index in [-0.39, 0.29) is 11.3 Å². The fraction of sp³-hybridized carbons (Fsp3) is 0.529. The molecule has 1 saturated carbocycles. The number of rotatable bonds is 8. The first kappa shape index (κ1) is 21.1. The predicted molar refractivity (Wildman–Crippen MR) is 91.6 cm³/mol. The standard InChI is InChI=1S/C17H21FO8S/c1-17(6-2-3-7-17)26-14-10-12(4-5-13(14)18)16(20)25-11-15(19)24-8-9-27(21,22)23/h4-5,10H,2-3,6-9,11H2,1H3,(H,21,22,23). The summed E-state index contributed by atoms with van der Waals surface area (Å²) < 4.78 is 58.5. The second-order valence-electron chi connectivity index (χ2n) is 6.49. The molecule has 10 heteroatoms. The van der Waals surface area contributed by atoms with Crippen LogP contribution in [0, 0.1) is 5.82 Å². The zero-order chi connectivity index (χ0) is 20.1. The second-order valence-corrected chi connectivity index (χ2v) is 8.06. The van der Waals surface area contributed by atoms with Gasteiger partial charge < -0.3 is 14.2 Å². The SMILES string of the molecule is CC1(Oc2cc(C(=O)OCC(=O)OCCS(=O)(=O)O)ccc2F)CCCC1. The van der Waals surface area contributed by atoms with Crippen molar-refractivity contribution in [3.05, 3.63) is 29.6 Å². The number of benzene rings is 1. The van der Waals surface area contributed by atoms with Crippen LogP contribution in [0.25, 0.3) is 0 Å². The van der Waals surface area contributed by atoms with E-state index in [1.807, 2.05) is 6.92 Å². The zero-order valence-corrected chi connectivity index (χ0v) is 15.6. The maximum Gasteiger partial charge on any atom is 0.344 e. The molecule has 1 aromatic carbocycles. The number of carbonyl (C=O) groups excluding carboxylic acids is 2. The summed E-state index contributed by atoms with van der Waals surface area (Å²) in [5.41, 5.74) is -0.487. The topological polar surface area (TPSA) is 116 Å². The third-order valence-electron chi connectivity index (χ3n) is 4.11. The summed E-state index contributed by atoms with van der Waals surface area (Å²) in [6, 6.07) is 3.49. The van der Waals surface area contributed by atoms with Gasteiger partial charge in [-0.2, -0.15) is 8.42 Å². The summed E-state index contributed by atoms with van der Waals surface area (Å²) >= 11 is 0. The Morgan fingerprint density at radius 1 is 1.22 bits per heavy atom. The van der Waals surface area contributed by atoms with Crippen LogP contribution >= 0.6 is 0 Å². The number of esters is 2. The van der Waals surface area contributed by atoms with Crippen molar-refractivity contribution in [3.8, 4) is 5.75 Å². The molecule has 0 unspecified atom stereocenters. The van der Waals surface area contributed by atoms with Gasteiger partial charge in [-0.3, -0.25) is 4.55 Å². The number of carbonyl (C=O) groups is 2. The van der Waals surface area contributed by atoms with Gasteiger partial charge in [-0.15, -0.1) is 0 Å². The maximum atomic E-state index is 14.0. The molecule has 1 fully saturated rings. The van der Waals surface area contributed by atoms with E-state index in [0.717, 1.165) is 31.7 Å². The first-order chi connectivity index (χ1) is 12.6. The van der Waals surface area contributed by atoms with Crippen molar-refractivity contribution in [3.63, 3.8) is 0 Å². The van der Waals surface area contributed by atoms with Crippen molar-refractivity contribution in [1.29, 1.82) is 0 Å². The quantitative estimate of drug-likeness (QED) is 0.517. The van der Waals surface area contributed by atoms with E-state index in [2.05, 4.69) is 4.74 Å². The molecule has 1 N–H and O–H groups in total. The molecule has 0 atom stereocenters. The zero-order valence-electron chi connectivity index (χ0n) is 14.8. The van der Waals surface area contributed by atoms with Crippen LogP contribution in [0.3, 0.4) is 0 Å². The van der Waals surface area contributed by atoms with Crippen LogP contribution in [-0.2, 0) is 24.4 Å². The number of halogens is 1. The van der Waals surface area contributed by atoms with Crippen LogP contribution < -0.4 is 4.74 Å². The minimum absolute atomic E-state index is 0.00117. The third kappa shape index (κ3) is 6.79. The van der Waals surface area contributed by atoms with Crippen molar-refractivity contribution in [2.45, 2.75) is 38.2 Å². The Morgan fingerprint density at radius 3 is 2.52 bits per heavy atom. The molecule has 1 aliphatic carbocycles. The van der Waals surface area contributed by atoms with Crippen molar-refractivity contribution in [1.82, 2.24) is 0 Å². The molecule has 8 nitrogen and oxygen atoms in total. The highest BCUT2D eigenvalue weighted by molar-refractivity contribution is 7.85. The normalized spacial score (nSPS) is 16.0. The second kappa shape index (κ2) is 8.66. The molecule has 0 radical (unpaired) electrons. The summed E-state index contributed by atoms with van der Waals surface area (Å²) in [6.07, 6.45) is 3.55. The lowest BCUT2D eigenvalue weighted by Gasteiger charge is -2.26. The average Bonchev–Trinajstić information content (AvgIpc) is 3.00. The highest BCUT2D eigenvalue weighted by Gasteiger charge is 2.31. The molecule has 0 saturated heterocycles. The monoisotopic (exact) mass is 404 g/mol. The highest BCUT2D eigenvalue weighted by atomic mass is 32.2. The molecule has 0 bridgehead atoms. The molecule has 27 heavy (non-hydrogen) atoms. The summed E-state index contributed by atoms with van der Waals surface area (Å²) in [5.74, 6) is -3.30. The van der Waals surface area contributed by atoms with Crippen LogP contribution in [0.1, 0.15) is 43.0 Å². The Morgan fingerprint density at radius 2 is 1.89 bits per heavy atom. The van der Waals surface area contributed by atoms with E-state index in [1.165, 1.54) is 12.1 Å². The van der Waals surface area contributed by atoms with Crippen molar-refractivity contribution < 1.29 is 41.2 Å². The lowest BCUT2D eigenvalue weighted by molar-refractivity contribution is -0.146. The highest BCUT2D eigenvalue weighted by Crippen LogP contribution is 2.35. The van der Waals surface area contributed by atoms with E-state index in [9.17, 15) is 22.4 Å². The predicted octanol–water partition coefficient (Wildman–Crippen LogP) is 2.12. The maximum absolute atomic E-state index is 14.0. The largest absolute Gasteiger partial charge is 0.484 e. The lowest BCUT2D eigenvalue weighted by atomic mass is 10.1. The van der Waals surface area contributed by atoms with E-state index >= 15 is 0 Å². The molecule has 2 rings (SSSR count). The minimum atomic E-state index is -4.25. The van der Waals surface area contributed by atoms with Gasteiger partial charge in [0.15, 0.2) is 18.2 Å². The van der Waals surface area contributed by atoms with Crippen LogP contribution in [0.15, 0.2) is 18.2 Å². The fourth-order valence-electron chi connectivity index (χ4n) is 2.71. The first-order valence-electron chi connectivity index (χ1n) is 8.34. The number of ether oxygens (including phenoxy) is 3. The van der Waals surface area contributed by atoms with E-state index in [0.29, 0.717) is 0 Å². The molecule has 1 aliphatic rings. The van der Waals surface area contributed by atoms with E-state index < -0.39 is 52.4 Å². The summed E-state index contributed by atoms with van der Waals surface area (Å²) in [5, 5.41) is 0. The molecule has 0 aromatic heterocycles. The number of hydrogen-bond donors (Lipinski definition) is 1. The van der Waals surface area contributed by atoms with E-state index in [4.69, 9.17) is 14.0 Å². The fourth-order valence-corrected chi connectivity index (χ4v) is 3.00. The molecular weight excluding hydrogens is 383 g/mol. The smallest absolute Gasteiger partial charge is 0.344 e. The summed E-state index contributed by atoms with van der Waals surface area (Å²) in [4.78, 5) is 23.4. The average molecular weight is 404 g/mol. The Labute approximate surface area is 156 Å². The first-order valence-corrected chi connectivity index (χ1v) is 9.95. The van der Waals surface area contributed by atoms with Gasteiger partial charge in [-0.05, 0) is 50.8 Å². The van der Waals surface area contributed by atoms with Crippen LogP contribution in [0.2, 0.25) is 0 Å². The Balaban J connectivity index is 1.90. The van der Waals surface area contributed by atoms with Crippen LogP contribution in [0.4, 0.5) is 4.39 Å². The van der Waals surface area contributed by atoms with Gasteiger partial charge in [0, 0.05) is 0 Å². The Kier molecular flexibility index (Phi) is 6.77. The van der Waals surface area contributed by atoms with E-state index in [1.54, 1.807) is 0 Å². The van der Waals surface area contributed by atoms with Gasteiger partial charge in [0.05, 0.1) is 5.56 Å². The van der Waals surface area contributed by atoms with Gasteiger partial charge in [-0.25, -0.2) is 14.0 Å². The number of hydrogen-bond acceptors (Lipinski definition) is 7. The van der Waals surface area contributed by atoms with Crippen LogP contribution in [-0.4, -0.2) is 49.5 Å². The lowest BCUT2D eigenvalue weighted by Crippen LogP contribution is -2.28. The van der Waals surface area contributed by atoms with Crippen molar-refractivity contribution in [2.24, 2.45) is 0 Å². The molecule has 150 valence electrons. The van der Waals surface area contributed by atoms with Gasteiger partial charge in [0.25, 0.3) is 10.1 Å². The van der Waals surface area contributed by atoms with Crippen molar-refractivity contribution in [2.75, 3.05) is 19.0 Å². The molecular formula is C17H21FO8S. The molecule has 0 aliphatic heterocycles. The summed E-state index contributed by atoms with van der Waals surface area (Å²) in [7, 11) is -4.25. The molecule has 0 amide bonds.